The molecule has 0 bridgehead atoms. The smallest absolute Gasteiger partial charge is 0.324 e. The van der Waals surface area contributed by atoms with E-state index in [-0.39, 0.29) is 6.04 Å². The molecule has 3 heterocycles. The number of hydrogen-bond donors (Lipinski definition) is 3. The Hall–Kier alpha value is -3.49. The number of hydrogen-bond acceptors (Lipinski definition) is 6. The standard InChI is InChI=1S/C22H27N5O4/c1-14(11-18-8-7-16-5-4-10-24-21(16)26-18)25-22(31)27(15(2)28)19(12-20(29)30)17-6-3-9-23-13-17/h3,6-9,13-14,19H,4-5,10-12H2,1-2H3,(H,24,26)(H,25,31)(H,29,30)/t14?,19-/m0/s1. The predicted octanol–water partition coefficient (Wildman–Crippen LogP) is 2.54. The highest BCUT2D eigenvalue weighted by atomic mass is 16.4. The van der Waals surface area contributed by atoms with E-state index < -0.39 is 30.4 Å². The Kier molecular flexibility index (Phi) is 7.17. The number of carbonyl (C=O) groups excluding carboxylic acids is 2. The summed E-state index contributed by atoms with van der Waals surface area (Å²) in [7, 11) is 0. The van der Waals surface area contributed by atoms with Crippen molar-refractivity contribution in [3.63, 3.8) is 0 Å². The number of aromatic nitrogens is 2. The lowest BCUT2D eigenvalue weighted by Gasteiger charge is -2.30. The number of amides is 3. The fourth-order valence-electron chi connectivity index (χ4n) is 3.73. The Labute approximate surface area is 180 Å². The van der Waals surface area contributed by atoms with E-state index in [2.05, 4.69) is 20.6 Å². The van der Waals surface area contributed by atoms with Gasteiger partial charge in [-0.1, -0.05) is 12.1 Å². The molecule has 31 heavy (non-hydrogen) atoms. The highest BCUT2D eigenvalue weighted by Gasteiger charge is 2.31. The van der Waals surface area contributed by atoms with Gasteiger partial charge in [-0.05, 0) is 43.0 Å². The zero-order valence-electron chi connectivity index (χ0n) is 17.7. The summed E-state index contributed by atoms with van der Waals surface area (Å²) < 4.78 is 0. The van der Waals surface area contributed by atoms with Gasteiger partial charge in [-0.25, -0.2) is 9.78 Å². The van der Waals surface area contributed by atoms with Crippen LogP contribution in [0.15, 0.2) is 36.7 Å². The van der Waals surface area contributed by atoms with Gasteiger partial charge in [0.15, 0.2) is 0 Å². The van der Waals surface area contributed by atoms with Crippen molar-refractivity contribution in [1.82, 2.24) is 20.2 Å². The first-order valence-electron chi connectivity index (χ1n) is 10.3. The van der Waals surface area contributed by atoms with Crippen LogP contribution in [0.4, 0.5) is 10.6 Å². The molecule has 1 aliphatic heterocycles. The molecule has 164 valence electrons. The number of anilines is 1. The van der Waals surface area contributed by atoms with Gasteiger partial charge >= 0.3 is 12.0 Å². The Morgan fingerprint density at radius 3 is 2.77 bits per heavy atom. The second kappa shape index (κ2) is 10.0. The molecule has 3 rings (SSSR count). The molecule has 0 aliphatic carbocycles. The minimum Gasteiger partial charge on any atom is -0.481 e. The number of carbonyl (C=O) groups is 3. The highest BCUT2D eigenvalue weighted by Crippen LogP contribution is 2.25. The summed E-state index contributed by atoms with van der Waals surface area (Å²) in [6.07, 6.45) is 5.14. The molecule has 0 saturated heterocycles. The number of carboxylic acids is 1. The molecule has 0 radical (unpaired) electrons. The summed E-state index contributed by atoms with van der Waals surface area (Å²) in [5.74, 6) is -0.784. The van der Waals surface area contributed by atoms with Crippen LogP contribution in [-0.4, -0.2) is 50.5 Å². The number of aliphatic carboxylic acids is 1. The van der Waals surface area contributed by atoms with Crippen molar-refractivity contribution in [3.8, 4) is 0 Å². The molecule has 0 saturated carbocycles. The number of urea groups is 1. The van der Waals surface area contributed by atoms with Crippen LogP contribution >= 0.6 is 0 Å². The second-order valence-corrected chi connectivity index (χ2v) is 7.68. The number of imide groups is 1. The monoisotopic (exact) mass is 425 g/mol. The molecule has 2 aromatic heterocycles. The maximum atomic E-state index is 13.0. The second-order valence-electron chi connectivity index (χ2n) is 7.68. The molecule has 1 aliphatic rings. The third-order valence-corrected chi connectivity index (χ3v) is 5.14. The van der Waals surface area contributed by atoms with Gasteiger partial charge in [0.25, 0.3) is 0 Å². The van der Waals surface area contributed by atoms with Gasteiger partial charge in [-0.2, -0.15) is 0 Å². The Bertz CT molecular complexity index is 950. The van der Waals surface area contributed by atoms with Crippen molar-refractivity contribution in [1.29, 1.82) is 0 Å². The first-order chi connectivity index (χ1) is 14.8. The van der Waals surface area contributed by atoms with E-state index in [4.69, 9.17) is 0 Å². The first kappa shape index (κ1) is 22.2. The molecule has 1 unspecified atom stereocenters. The van der Waals surface area contributed by atoms with E-state index in [1.807, 2.05) is 19.1 Å². The van der Waals surface area contributed by atoms with Crippen LogP contribution in [0.25, 0.3) is 0 Å². The van der Waals surface area contributed by atoms with Crippen molar-refractivity contribution in [3.05, 3.63) is 53.5 Å². The average molecular weight is 425 g/mol. The first-order valence-corrected chi connectivity index (χ1v) is 10.3. The third-order valence-electron chi connectivity index (χ3n) is 5.14. The van der Waals surface area contributed by atoms with Crippen LogP contribution in [-0.2, 0) is 22.4 Å². The topological polar surface area (TPSA) is 125 Å². The minimum absolute atomic E-state index is 0.317. The summed E-state index contributed by atoms with van der Waals surface area (Å²) in [5, 5.41) is 15.4. The summed E-state index contributed by atoms with van der Waals surface area (Å²) >= 11 is 0. The quantitative estimate of drug-likeness (QED) is 0.622. The Morgan fingerprint density at radius 1 is 1.29 bits per heavy atom. The fraction of sp³-hybridized carbons (Fsp3) is 0.409. The van der Waals surface area contributed by atoms with E-state index in [0.717, 1.165) is 35.8 Å². The zero-order chi connectivity index (χ0) is 22.4. The SMILES string of the molecule is CC(=O)N(C(=O)NC(C)Cc1ccc2c(n1)NCCC2)[C@@H](CC(=O)O)c1cccnc1. The average Bonchev–Trinajstić information content (AvgIpc) is 2.73. The fourth-order valence-corrected chi connectivity index (χ4v) is 3.73. The molecule has 3 N–H and O–H groups in total. The van der Waals surface area contributed by atoms with Crippen LogP contribution < -0.4 is 10.6 Å². The number of rotatable bonds is 7. The molecule has 2 aromatic rings. The Morgan fingerprint density at radius 2 is 2.10 bits per heavy atom. The van der Waals surface area contributed by atoms with Gasteiger partial charge in [0.2, 0.25) is 5.91 Å². The van der Waals surface area contributed by atoms with E-state index in [0.29, 0.717) is 12.0 Å². The molecule has 0 spiro atoms. The maximum absolute atomic E-state index is 13.0. The van der Waals surface area contributed by atoms with Crippen molar-refractivity contribution in [2.75, 3.05) is 11.9 Å². The molecule has 0 fully saturated rings. The Balaban J connectivity index is 1.73. The molecular formula is C22H27N5O4. The summed E-state index contributed by atoms with van der Waals surface area (Å²) in [6, 6.07) is 5.36. The van der Waals surface area contributed by atoms with Gasteiger partial charge in [-0.3, -0.25) is 19.5 Å². The number of aryl methyl sites for hydroxylation is 1. The number of carboxylic acid groups (broad SMARTS) is 1. The minimum atomic E-state index is -1.12. The van der Waals surface area contributed by atoms with Crippen molar-refractivity contribution in [2.45, 2.75) is 51.6 Å². The van der Waals surface area contributed by atoms with Gasteiger partial charge < -0.3 is 15.7 Å². The van der Waals surface area contributed by atoms with Crippen LogP contribution in [0, 0.1) is 0 Å². The van der Waals surface area contributed by atoms with Crippen molar-refractivity contribution >= 4 is 23.7 Å². The highest BCUT2D eigenvalue weighted by molar-refractivity contribution is 5.94. The summed E-state index contributed by atoms with van der Waals surface area (Å²) in [4.78, 5) is 46.3. The molecule has 3 amide bonds. The van der Waals surface area contributed by atoms with Gasteiger partial charge in [0, 0.05) is 44.0 Å². The zero-order valence-corrected chi connectivity index (χ0v) is 17.7. The summed E-state index contributed by atoms with van der Waals surface area (Å²) in [6.45, 7) is 3.95. The van der Waals surface area contributed by atoms with Crippen LogP contribution in [0.5, 0.6) is 0 Å². The van der Waals surface area contributed by atoms with E-state index >= 15 is 0 Å². The van der Waals surface area contributed by atoms with Crippen LogP contribution in [0.1, 0.15) is 49.6 Å². The molecule has 0 aromatic carbocycles. The number of nitrogens with zero attached hydrogens (tertiary/aromatic N) is 3. The number of fused-ring (bicyclic) bond motifs is 1. The van der Waals surface area contributed by atoms with E-state index in [1.54, 1.807) is 18.3 Å². The van der Waals surface area contributed by atoms with Gasteiger partial charge in [0.05, 0.1) is 12.5 Å². The van der Waals surface area contributed by atoms with Crippen molar-refractivity contribution in [2.24, 2.45) is 0 Å². The van der Waals surface area contributed by atoms with Crippen molar-refractivity contribution < 1.29 is 19.5 Å². The van der Waals surface area contributed by atoms with Crippen LogP contribution in [0.3, 0.4) is 0 Å². The van der Waals surface area contributed by atoms with E-state index in [9.17, 15) is 19.5 Å². The lowest BCUT2D eigenvalue weighted by atomic mass is 10.0. The largest absolute Gasteiger partial charge is 0.481 e. The van der Waals surface area contributed by atoms with Crippen LogP contribution in [0.2, 0.25) is 0 Å². The lowest BCUT2D eigenvalue weighted by molar-refractivity contribution is -0.139. The molecule has 9 heteroatoms. The summed E-state index contributed by atoms with van der Waals surface area (Å²) in [5.41, 5.74) is 2.48. The van der Waals surface area contributed by atoms with E-state index in [1.165, 1.54) is 18.7 Å². The predicted molar refractivity (Wildman–Crippen MR) is 114 cm³/mol. The van der Waals surface area contributed by atoms with Gasteiger partial charge in [0.1, 0.15) is 5.82 Å². The molecular weight excluding hydrogens is 398 g/mol. The lowest BCUT2D eigenvalue weighted by Crippen LogP contribution is -2.48. The molecule has 9 nitrogen and oxygen atoms in total. The third kappa shape index (κ3) is 5.78. The molecule has 2 atom stereocenters. The maximum Gasteiger partial charge on any atom is 0.324 e. The number of nitrogens with one attached hydrogen (secondary N) is 2. The normalized spacial score (nSPS) is 14.5. The van der Waals surface area contributed by atoms with Gasteiger partial charge in [-0.15, -0.1) is 0 Å². The number of pyridine rings is 2.